The third-order valence-electron chi connectivity index (χ3n) is 7.49. The van der Waals surface area contributed by atoms with Crippen LogP contribution in [0.15, 0.2) is 139 Å². The maximum atomic E-state index is 14.2. The summed E-state index contributed by atoms with van der Waals surface area (Å²) < 4.78 is 64.0. The Morgan fingerprint density at radius 3 is 2.18 bits per heavy atom. The van der Waals surface area contributed by atoms with Crippen molar-refractivity contribution in [3.8, 4) is 17.1 Å². The molecule has 2 heterocycles. The third kappa shape index (κ3) is 7.11. The number of para-hydroxylation sites is 2. The zero-order chi connectivity index (χ0) is 35.8. The Balaban J connectivity index is 1.52. The Kier molecular flexibility index (Phi) is 9.75. The molecule has 6 rings (SSSR count). The molecule has 11 nitrogen and oxygen atoms in total. The van der Waals surface area contributed by atoms with Crippen molar-refractivity contribution in [2.45, 2.75) is 14.7 Å². The second-order valence-electron chi connectivity index (χ2n) is 11.0. The van der Waals surface area contributed by atoms with Crippen LogP contribution in [-0.4, -0.2) is 46.4 Å². The molecule has 0 spiro atoms. The topological polar surface area (TPSA) is 135 Å². The molecule has 0 bridgehead atoms. The van der Waals surface area contributed by atoms with Crippen LogP contribution in [0.25, 0.3) is 28.0 Å². The highest BCUT2D eigenvalue weighted by Crippen LogP contribution is 2.34. The zero-order valence-corrected chi connectivity index (χ0v) is 30.3. The van der Waals surface area contributed by atoms with Gasteiger partial charge in [0.1, 0.15) is 15.6 Å². The second kappa shape index (κ2) is 13.9. The Morgan fingerprint density at radius 1 is 0.880 bits per heavy atom. The van der Waals surface area contributed by atoms with E-state index < -0.39 is 31.6 Å². The Morgan fingerprint density at radius 2 is 1.52 bits per heavy atom. The number of halogens is 2. The van der Waals surface area contributed by atoms with Crippen LogP contribution in [0.1, 0.15) is 0 Å². The summed E-state index contributed by atoms with van der Waals surface area (Å²) in [6, 6.07) is 26.6. The Bertz CT molecular complexity index is 2560. The number of pyridine rings is 1. The number of nitrogens with zero attached hydrogens (tertiary/aromatic N) is 5. The molecule has 0 unspecified atom stereocenters. The number of hydrogen-bond donors (Lipinski definition) is 2. The van der Waals surface area contributed by atoms with Gasteiger partial charge < -0.3 is 4.90 Å². The van der Waals surface area contributed by atoms with Gasteiger partial charge in [-0.05, 0) is 72.8 Å². The highest BCUT2D eigenvalue weighted by Gasteiger charge is 2.31. The maximum absolute atomic E-state index is 14.2. The van der Waals surface area contributed by atoms with Crippen LogP contribution in [0.5, 0.6) is 0 Å². The fraction of sp³-hybridized carbons (Fsp3) is 0.0588. The molecule has 0 saturated carbocycles. The van der Waals surface area contributed by atoms with E-state index in [1.165, 1.54) is 57.9 Å². The molecule has 254 valence electrons. The largest absolute Gasteiger partial charge is 0.423 e. The third-order valence-corrected chi connectivity index (χ3v) is 11.2. The van der Waals surface area contributed by atoms with Gasteiger partial charge in [0.15, 0.2) is 0 Å². The average Bonchev–Trinajstić information content (AvgIpc) is 3.08. The second-order valence-corrected chi connectivity index (χ2v) is 15.6. The number of benzene rings is 4. The molecule has 0 radical (unpaired) electrons. The lowest BCUT2D eigenvalue weighted by Crippen LogP contribution is -2.53. The van der Waals surface area contributed by atoms with Crippen LogP contribution in [0.2, 0.25) is 10.0 Å². The van der Waals surface area contributed by atoms with Crippen LogP contribution in [0.3, 0.4) is 0 Å². The standard InChI is InChI=1S/C34H26Cl2N6O5S3/c1-40(2)23-16-18-41(19-17-23)34(38-49(44,45)25-14-12-22(35)13-15-25)39-50(46,47)31-20-27(28(36)21-30(31)48)32-37-29-11-7-6-10-26(29)33(43)42(32)24-8-4-3-5-9-24/h3-21H,1-2H3,(H-,37,38,39,43,48)/p+1. The SMILES string of the molecule is CN(C)c1cc[n+](C(=NS(=O)(=O)c2ccc(Cl)cc2)NS(=O)(=O)c2cc(-c3nc4ccccc4c(=O)n3-c3ccccc3)c(Cl)cc2S)cc1. The quantitative estimate of drug-likeness (QED) is 0.0939. The summed E-state index contributed by atoms with van der Waals surface area (Å²) in [5.74, 6) is -0.484. The number of anilines is 1. The van der Waals surface area contributed by atoms with E-state index in [2.05, 4.69) is 21.7 Å². The minimum Gasteiger partial charge on any atom is -0.377 e. The van der Waals surface area contributed by atoms with E-state index in [0.717, 1.165) is 5.69 Å². The minimum absolute atomic E-state index is 0.0616. The summed E-state index contributed by atoms with van der Waals surface area (Å²) in [6.07, 6.45) is 2.92. The summed E-state index contributed by atoms with van der Waals surface area (Å²) in [6.45, 7) is 0. The van der Waals surface area contributed by atoms with Crippen molar-refractivity contribution in [2.75, 3.05) is 19.0 Å². The molecule has 0 aliphatic heterocycles. The first-order valence-corrected chi connectivity index (χ1v) is 18.8. The summed E-state index contributed by atoms with van der Waals surface area (Å²) in [5.41, 5.74) is 1.30. The van der Waals surface area contributed by atoms with Gasteiger partial charge in [0, 0.05) is 39.7 Å². The molecular formula is C34H27Cl2N6O5S3+. The first kappa shape index (κ1) is 35.1. The number of aromatic nitrogens is 3. The lowest BCUT2D eigenvalue weighted by atomic mass is 10.1. The van der Waals surface area contributed by atoms with Gasteiger partial charge in [0.05, 0.1) is 34.0 Å². The van der Waals surface area contributed by atoms with Crippen molar-refractivity contribution >= 4 is 78.4 Å². The number of thiol groups is 1. The molecule has 2 aromatic heterocycles. The molecule has 0 fully saturated rings. The van der Waals surface area contributed by atoms with E-state index >= 15 is 0 Å². The predicted octanol–water partition coefficient (Wildman–Crippen LogP) is 5.57. The smallest absolute Gasteiger partial charge is 0.377 e. The van der Waals surface area contributed by atoms with E-state index in [1.54, 1.807) is 66.7 Å². The van der Waals surface area contributed by atoms with E-state index in [0.29, 0.717) is 21.6 Å². The van der Waals surface area contributed by atoms with Crippen molar-refractivity contribution in [3.63, 3.8) is 0 Å². The van der Waals surface area contributed by atoms with Gasteiger partial charge >= 0.3 is 26.0 Å². The fourth-order valence-electron chi connectivity index (χ4n) is 4.98. The number of rotatable bonds is 7. The summed E-state index contributed by atoms with van der Waals surface area (Å²) in [5, 5.41) is 0.714. The van der Waals surface area contributed by atoms with E-state index in [-0.39, 0.29) is 31.1 Å². The fourth-order valence-corrected chi connectivity index (χ4v) is 8.11. The van der Waals surface area contributed by atoms with Crippen molar-refractivity contribution in [1.29, 1.82) is 0 Å². The Hall–Kier alpha value is -4.73. The van der Waals surface area contributed by atoms with Crippen molar-refractivity contribution in [1.82, 2.24) is 14.3 Å². The molecule has 0 aliphatic rings. The van der Waals surface area contributed by atoms with Crippen molar-refractivity contribution in [2.24, 2.45) is 4.40 Å². The van der Waals surface area contributed by atoms with Gasteiger partial charge in [-0.2, -0.15) is 21.6 Å². The molecular weight excluding hydrogens is 740 g/mol. The van der Waals surface area contributed by atoms with Crippen molar-refractivity contribution in [3.05, 3.63) is 136 Å². The van der Waals surface area contributed by atoms with Crippen LogP contribution >= 0.6 is 35.8 Å². The average molecular weight is 767 g/mol. The monoisotopic (exact) mass is 765 g/mol. The minimum atomic E-state index is -4.65. The van der Waals surface area contributed by atoms with Crippen LogP contribution in [-0.2, 0) is 20.0 Å². The normalized spacial score (nSPS) is 12.2. The van der Waals surface area contributed by atoms with Gasteiger partial charge in [-0.15, -0.1) is 12.6 Å². The number of hydrogen-bond acceptors (Lipinski definition) is 8. The van der Waals surface area contributed by atoms with Gasteiger partial charge in [0.2, 0.25) is 0 Å². The van der Waals surface area contributed by atoms with E-state index in [1.807, 2.05) is 19.0 Å². The van der Waals surface area contributed by atoms with E-state index in [4.69, 9.17) is 28.2 Å². The van der Waals surface area contributed by atoms with E-state index in [9.17, 15) is 21.6 Å². The predicted molar refractivity (Wildman–Crippen MR) is 198 cm³/mol. The van der Waals surface area contributed by atoms with Gasteiger partial charge in [-0.25, -0.2) is 9.55 Å². The number of nitrogens with one attached hydrogen (secondary N) is 1. The molecule has 4 aromatic carbocycles. The molecule has 0 saturated heterocycles. The molecule has 0 aliphatic carbocycles. The molecule has 0 amide bonds. The Labute approximate surface area is 303 Å². The first-order chi connectivity index (χ1) is 23.7. The zero-order valence-electron chi connectivity index (χ0n) is 26.3. The molecule has 1 N–H and O–H groups in total. The van der Waals surface area contributed by atoms with Crippen LogP contribution < -0.4 is 19.7 Å². The highest BCUT2D eigenvalue weighted by atomic mass is 35.5. The summed E-state index contributed by atoms with van der Waals surface area (Å²) >= 11 is 17.1. The lowest BCUT2D eigenvalue weighted by Gasteiger charge is -2.16. The number of fused-ring (bicyclic) bond motifs is 1. The van der Waals surface area contributed by atoms with Crippen molar-refractivity contribution < 1.29 is 21.4 Å². The summed E-state index contributed by atoms with van der Waals surface area (Å²) in [7, 11) is -5.47. The molecule has 0 atom stereocenters. The molecule has 50 heavy (non-hydrogen) atoms. The van der Waals surface area contributed by atoms with Gasteiger partial charge in [-0.1, -0.05) is 53.5 Å². The molecule has 16 heteroatoms. The van der Waals surface area contributed by atoms with Crippen LogP contribution in [0, 0.1) is 0 Å². The van der Waals surface area contributed by atoms with Gasteiger partial charge in [-0.3, -0.25) is 9.36 Å². The maximum Gasteiger partial charge on any atom is 0.423 e. The molecule has 6 aromatic rings. The number of sulfonamides is 2. The van der Waals surface area contributed by atoms with Crippen LogP contribution in [0.4, 0.5) is 5.69 Å². The summed E-state index contributed by atoms with van der Waals surface area (Å²) in [4.78, 5) is 19.8. The first-order valence-electron chi connectivity index (χ1n) is 14.7. The van der Waals surface area contributed by atoms with Gasteiger partial charge in [0.25, 0.3) is 5.56 Å². The highest BCUT2D eigenvalue weighted by molar-refractivity contribution is 7.91. The lowest BCUT2D eigenvalue weighted by molar-refractivity contribution is -0.558.